The lowest BCUT2D eigenvalue weighted by Gasteiger charge is -2.12. The molecular weight excluding hydrogens is 403 g/mol. The Morgan fingerprint density at radius 1 is 1.14 bits per heavy atom. The minimum absolute atomic E-state index is 0.126. The maximum atomic E-state index is 12.1. The number of ether oxygens (including phenoxy) is 1. The van der Waals surface area contributed by atoms with E-state index in [1.54, 1.807) is 0 Å². The molecule has 1 aromatic carbocycles. The van der Waals surface area contributed by atoms with E-state index in [9.17, 15) is 9.59 Å². The molecule has 0 aliphatic heterocycles. The van der Waals surface area contributed by atoms with Gasteiger partial charge in [0.1, 0.15) is 0 Å². The number of nitrogens with one attached hydrogen (secondary N) is 1. The van der Waals surface area contributed by atoms with E-state index in [1.807, 2.05) is 24.3 Å². The van der Waals surface area contributed by atoms with Crippen LogP contribution in [-0.2, 0) is 14.3 Å². The first-order chi connectivity index (χ1) is 13.4. The lowest BCUT2D eigenvalue weighted by Crippen LogP contribution is -2.29. The number of amides is 1. The molecule has 0 spiro atoms. The van der Waals surface area contributed by atoms with Crippen LogP contribution in [0.25, 0.3) is 17.1 Å². The van der Waals surface area contributed by atoms with Crippen LogP contribution in [0, 0.1) is 0 Å². The summed E-state index contributed by atoms with van der Waals surface area (Å²) in [6.45, 7) is 1.43. The highest BCUT2D eigenvalue weighted by Crippen LogP contribution is 2.22. The molecule has 3 aromatic rings. The topological polar surface area (TPSA) is 94.1 Å². The summed E-state index contributed by atoms with van der Waals surface area (Å²) in [5, 5.41) is 2.98. The Labute approximate surface area is 170 Å². The number of hydrogen-bond donors (Lipinski definition) is 1. The monoisotopic (exact) mass is 416 g/mol. The van der Waals surface area contributed by atoms with E-state index < -0.39 is 18.0 Å². The molecular formula is C19H14Cl2N4O3. The van der Waals surface area contributed by atoms with Gasteiger partial charge >= 0.3 is 5.97 Å². The Morgan fingerprint density at radius 2 is 1.89 bits per heavy atom. The molecule has 2 heterocycles. The molecule has 3 rings (SSSR count). The van der Waals surface area contributed by atoms with Gasteiger partial charge < -0.3 is 10.1 Å². The Balaban J connectivity index is 1.59. The van der Waals surface area contributed by atoms with Crippen LogP contribution in [0.4, 0.5) is 5.82 Å². The number of nitrogens with zero attached hydrogens (tertiary/aromatic N) is 3. The largest absolute Gasteiger partial charge is 0.449 e. The zero-order chi connectivity index (χ0) is 20.1. The second-order valence-electron chi connectivity index (χ2n) is 5.67. The summed E-state index contributed by atoms with van der Waals surface area (Å²) >= 11 is 11.7. The number of aromatic nitrogens is 3. The van der Waals surface area contributed by atoms with Gasteiger partial charge in [0.2, 0.25) is 0 Å². The van der Waals surface area contributed by atoms with Crippen molar-refractivity contribution < 1.29 is 14.3 Å². The number of anilines is 1. The lowest BCUT2D eigenvalue weighted by molar-refractivity contribution is -0.148. The van der Waals surface area contributed by atoms with Crippen LogP contribution in [0.1, 0.15) is 12.6 Å². The summed E-state index contributed by atoms with van der Waals surface area (Å²) in [6.07, 6.45) is 4.46. The molecule has 0 fully saturated rings. The highest BCUT2D eigenvalue weighted by molar-refractivity contribution is 6.36. The minimum Gasteiger partial charge on any atom is -0.449 e. The Hall–Kier alpha value is -3.03. The van der Waals surface area contributed by atoms with Gasteiger partial charge in [0, 0.05) is 12.3 Å². The lowest BCUT2D eigenvalue weighted by atomic mass is 10.3. The fraction of sp³-hybridized carbons (Fsp3) is 0.105. The number of para-hydroxylation sites is 2. The first-order valence-corrected chi connectivity index (χ1v) is 8.90. The summed E-state index contributed by atoms with van der Waals surface area (Å²) in [7, 11) is 0. The Morgan fingerprint density at radius 3 is 2.64 bits per heavy atom. The Bertz CT molecular complexity index is 1070. The van der Waals surface area contributed by atoms with Crippen LogP contribution in [0.5, 0.6) is 0 Å². The second kappa shape index (κ2) is 8.77. The average Bonchev–Trinajstić information content (AvgIpc) is 2.68. The normalized spacial score (nSPS) is 12.1. The number of pyridine rings is 1. The molecule has 0 saturated carbocycles. The van der Waals surface area contributed by atoms with Crippen molar-refractivity contribution in [2.45, 2.75) is 13.0 Å². The molecule has 0 aliphatic carbocycles. The zero-order valence-electron chi connectivity index (χ0n) is 14.6. The van der Waals surface area contributed by atoms with Gasteiger partial charge in [-0.25, -0.2) is 14.8 Å². The van der Waals surface area contributed by atoms with E-state index in [2.05, 4.69) is 20.3 Å². The number of rotatable bonds is 5. The van der Waals surface area contributed by atoms with Crippen molar-refractivity contribution in [3.8, 4) is 0 Å². The first kappa shape index (κ1) is 19.7. The van der Waals surface area contributed by atoms with E-state index >= 15 is 0 Å². The van der Waals surface area contributed by atoms with Gasteiger partial charge in [0.15, 0.2) is 11.9 Å². The van der Waals surface area contributed by atoms with Crippen molar-refractivity contribution in [1.82, 2.24) is 15.0 Å². The quantitative estimate of drug-likeness (QED) is 0.500. The molecule has 0 saturated heterocycles. The van der Waals surface area contributed by atoms with E-state index in [-0.39, 0.29) is 10.8 Å². The predicted molar refractivity (Wildman–Crippen MR) is 107 cm³/mol. The van der Waals surface area contributed by atoms with Crippen LogP contribution < -0.4 is 5.32 Å². The van der Waals surface area contributed by atoms with E-state index in [1.165, 1.54) is 37.5 Å². The smallest absolute Gasteiger partial charge is 0.331 e. The number of carbonyl (C=O) groups excluding carboxylic acids is 2. The number of carbonyl (C=O) groups is 2. The van der Waals surface area contributed by atoms with Crippen molar-refractivity contribution in [2.75, 3.05) is 5.32 Å². The molecule has 1 amide bonds. The summed E-state index contributed by atoms with van der Waals surface area (Å²) in [5.74, 6) is -1.15. The van der Waals surface area contributed by atoms with Gasteiger partial charge in [0.25, 0.3) is 5.91 Å². The Kier molecular flexibility index (Phi) is 6.18. The highest BCUT2D eigenvalue weighted by Gasteiger charge is 2.18. The predicted octanol–water partition coefficient (Wildman–Crippen LogP) is 3.92. The third-order valence-electron chi connectivity index (χ3n) is 3.57. The van der Waals surface area contributed by atoms with Gasteiger partial charge in [-0.05, 0) is 31.2 Å². The van der Waals surface area contributed by atoms with Crippen LogP contribution in [0.3, 0.4) is 0 Å². The van der Waals surface area contributed by atoms with Crippen LogP contribution in [0.15, 0.2) is 48.8 Å². The zero-order valence-corrected chi connectivity index (χ0v) is 16.1. The maximum absolute atomic E-state index is 12.1. The minimum atomic E-state index is -1.06. The van der Waals surface area contributed by atoms with Gasteiger partial charge in [-0.3, -0.25) is 9.78 Å². The number of halogens is 2. The second-order valence-corrected chi connectivity index (χ2v) is 6.51. The molecule has 9 heteroatoms. The van der Waals surface area contributed by atoms with Gasteiger partial charge in [-0.2, -0.15) is 0 Å². The van der Waals surface area contributed by atoms with Crippen molar-refractivity contribution in [3.05, 3.63) is 64.5 Å². The molecule has 1 N–H and O–H groups in total. The van der Waals surface area contributed by atoms with E-state index in [0.29, 0.717) is 16.2 Å². The van der Waals surface area contributed by atoms with Gasteiger partial charge in [-0.15, -0.1) is 0 Å². The first-order valence-electron chi connectivity index (χ1n) is 8.15. The molecule has 0 unspecified atom stereocenters. The molecule has 2 aromatic heterocycles. The standard InChI is InChI=1S/C19H14Cl2N4O3/c1-11(19(27)25-18-14(21)8-12(20)9-23-18)28-17(26)7-6-13-10-22-15-4-2-3-5-16(15)24-13/h2-11H,1H3,(H,23,25,27)/b7-6-/t11-/m0/s1. The molecule has 28 heavy (non-hydrogen) atoms. The third kappa shape index (κ3) is 5.03. The van der Waals surface area contributed by atoms with Crippen LogP contribution >= 0.6 is 23.2 Å². The summed E-state index contributed by atoms with van der Waals surface area (Å²) in [4.78, 5) is 36.6. The van der Waals surface area contributed by atoms with Crippen LogP contribution in [-0.4, -0.2) is 32.9 Å². The van der Waals surface area contributed by atoms with Crippen LogP contribution in [0.2, 0.25) is 10.0 Å². The summed E-state index contributed by atoms with van der Waals surface area (Å²) in [6, 6.07) is 8.81. The molecule has 0 radical (unpaired) electrons. The summed E-state index contributed by atoms with van der Waals surface area (Å²) in [5.41, 5.74) is 1.95. The van der Waals surface area contributed by atoms with Crippen molar-refractivity contribution in [3.63, 3.8) is 0 Å². The van der Waals surface area contributed by atoms with Crippen molar-refractivity contribution in [2.24, 2.45) is 0 Å². The average molecular weight is 417 g/mol. The van der Waals surface area contributed by atoms with Gasteiger partial charge in [-0.1, -0.05) is 35.3 Å². The number of hydrogen-bond acceptors (Lipinski definition) is 6. The molecule has 7 nitrogen and oxygen atoms in total. The molecule has 142 valence electrons. The number of esters is 1. The SMILES string of the molecule is C[C@H](OC(=O)/C=C\c1cnc2ccccc2n1)C(=O)Nc1ncc(Cl)cc1Cl. The maximum Gasteiger partial charge on any atom is 0.331 e. The molecule has 0 bridgehead atoms. The number of fused-ring (bicyclic) bond motifs is 1. The summed E-state index contributed by atoms with van der Waals surface area (Å²) < 4.78 is 5.07. The van der Waals surface area contributed by atoms with E-state index in [0.717, 1.165) is 5.52 Å². The molecule has 0 aliphatic rings. The van der Waals surface area contributed by atoms with Gasteiger partial charge in [0.05, 0.1) is 33.0 Å². The fourth-order valence-corrected chi connectivity index (χ4v) is 2.62. The molecule has 1 atom stereocenters. The highest BCUT2D eigenvalue weighted by atomic mass is 35.5. The number of benzene rings is 1. The van der Waals surface area contributed by atoms with Crippen molar-refractivity contribution >= 4 is 58.0 Å². The van der Waals surface area contributed by atoms with Crippen molar-refractivity contribution in [1.29, 1.82) is 0 Å². The fourth-order valence-electron chi connectivity index (χ4n) is 2.20. The van der Waals surface area contributed by atoms with E-state index in [4.69, 9.17) is 27.9 Å². The third-order valence-corrected chi connectivity index (χ3v) is 4.06.